The van der Waals surface area contributed by atoms with Gasteiger partial charge in [-0.25, -0.2) is 0 Å². The maximum Gasteiger partial charge on any atom is 0.293 e. The number of hydrogen-bond donors (Lipinski definition) is 1. The zero-order valence-corrected chi connectivity index (χ0v) is 11.2. The maximum atomic E-state index is 11.2. The number of carbonyl (C=O) groups excluding carboxylic acids is 1. The minimum Gasteiger partial charge on any atom is -0.395 e. The minimum atomic E-state index is -0.471. The van der Waals surface area contributed by atoms with E-state index in [-0.39, 0.29) is 23.9 Å². The second-order valence-corrected chi connectivity index (χ2v) is 4.98. The Kier molecular flexibility index (Phi) is 4.68. The van der Waals surface area contributed by atoms with Gasteiger partial charge in [0.25, 0.3) is 5.69 Å². The first kappa shape index (κ1) is 14.5. The Balaban J connectivity index is 2.40. The zero-order chi connectivity index (χ0) is 14.5. The Morgan fingerprint density at radius 3 is 2.65 bits per heavy atom. The summed E-state index contributed by atoms with van der Waals surface area (Å²) in [5, 5.41) is 20.4. The molecule has 20 heavy (non-hydrogen) atoms. The predicted octanol–water partition coefficient (Wildman–Crippen LogP) is 2.15. The molecule has 0 aromatic heterocycles. The Morgan fingerprint density at radius 1 is 1.40 bits per heavy atom. The SMILES string of the molecule is O=Cc1ccc(N(CCO)C2CCCC2)c([N+](=O)[O-])c1. The van der Waals surface area contributed by atoms with E-state index in [0.717, 1.165) is 25.7 Å². The predicted molar refractivity (Wildman–Crippen MR) is 75.2 cm³/mol. The van der Waals surface area contributed by atoms with Crippen molar-refractivity contribution in [1.82, 2.24) is 0 Å². The van der Waals surface area contributed by atoms with Gasteiger partial charge >= 0.3 is 0 Å². The summed E-state index contributed by atoms with van der Waals surface area (Å²) in [5.74, 6) is 0. The summed E-state index contributed by atoms with van der Waals surface area (Å²) in [5.41, 5.74) is 0.701. The molecule has 0 saturated heterocycles. The second kappa shape index (κ2) is 6.47. The number of carbonyl (C=O) groups is 1. The fourth-order valence-electron chi connectivity index (χ4n) is 2.83. The summed E-state index contributed by atoms with van der Waals surface area (Å²) < 4.78 is 0. The quantitative estimate of drug-likeness (QED) is 0.489. The van der Waals surface area contributed by atoms with E-state index in [1.165, 1.54) is 6.07 Å². The number of aldehydes is 1. The van der Waals surface area contributed by atoms with E-state index in [9.17, 15) is 20.0 Å². The van der Waals surface area contributed by atoms with Crippen molar-refractivity contribution in [2.75, 3.05) is 18.1 Å². The zero-order valence-electron chi connectivity index (χ0n) is 11.2. The first-order chi connectivity index (χ1) is 9.67. The lowest BCUT2D eigenvalue weighted by Gasteiger charge is -2.30. The summed E-state index contributed by atoms with van der Waals surface area (Å²) in [6, 6.07) is 4.70. The molecule has 0 radical (unpaired) electrons. The highest BCUT2D eigenvalue weighted by atomic mass is 16.6. The van der Waals surface area contributed by atoms with E-state index in [4.69, 9.17) is 0 Å². The van der Waals surface area contributed by atoms with Gasteiger partial charge in [-0.2, -0.15) is 0 Å². The maximum absolute atomic E-state index is 11.2. The fraction of sp³-hybridized carbons (Fsp3) is 0.500. The third-order valence-corrected chi connectivity index (χ3v) is 3.75. The van der Waals surface area contributed by atoms with Crippen molar-refractivity contribution < 1.29 is 14.8 Å². The lowest BCUT2D eigenvalue weighted by Crippen LogP contribution is -2.36. The van der Waals surface area contributed by atoms with Crippen molar-refractivity contribution in [3.63, 3.8) is 0 Å². The molecule has 0 unspecified atom stereocenters. The summed E-state index contributed by atoms with van der Waals surface area (Å²) in [6.45, 7) is 0.315. The number of nitro benzene ring substituents is 1. The molecule has 0 bridgehead atoms. The van der Waals surface area contributed by atoms with Gasteiger partial charge in [-0.05, 0) is 25.0 Å². The molecule has 1 saturated carbocycles. The normalized spacial score (nSPS) is 15.2. The molecule has 1 fully saturated rings. The lowest BCUT2D eigenvalue weighted by atomic mass is 10.1. The molecule has 0 heterocycles. The molecule has 6 nitrogen and oxygen atoms in total. The van der Waals surface area contributed by atoms with E-state index >= 15 is 0 Å². The topological polar surface area (TPSA) is 83.7 Å². The van der Waals surface area contributed by atoms with Gasteiger partial charge in [0.1, 0.15) is 12.0 Å². The molecule has 1 aromatic rings. The first-order valence-corrected chi connectivity index (χ1v) is 6.78. The second-order valence-electron chi connectivity index (χ2n) is 4.98. The molecule has 0 atom stereocenters. The van der Waals surface area contributed by atoms with Gasteiger partial charge in [-0.15, -0.1) is 0 Å². The fourth-order valence-corrected chi connectivity index (χ4v) is 2.83. The third kappa shape index (κ3) is 2.96. The molecule has 0 aliphatic heterocycles. The summed E-state index contributed by atoms with van der Waals surface area (Å²) >= 11 is 0. The van der Waals surface area contributed by atoms with Gasteiger partial charge in [-0.1, -0.05) is 12.8 Å². The summed E-state index contributed by atoms with van der Waals surface area (Å²) in [6.07, 6.45) is 4.77. The van der Waals surface area contributed by atoms with Crippen LogP contribution in [-0.4, -0.2) is 35.5 Å². The Labute approximate surface area is 117 Å². The van der Waals surface area contributed by atoms with Crippen molar-refractivity contribution >= 4 is 17.7 Å². The van der Waals surface area contributed by atoms with Gasteiger partial charge in [0, 0.05) is 24.2 Å². The number of benzene rings is 1. The number of hydrogen-bond acceptors (Lipinski definition) is 5. The van der Waals surface area contributed by atoms with Crippen LogP contribution in [0.3, 0.4) is 0 Å². The average molecular weight is 278 g/mol. The van der Waals surface area contributed by atoms with Crippen LogP contribution in [-0.2, 0) is 0 Å². The summed E-state index contributed by atoms with van der Waals surface area (Å²) in [7, 11) is 0. The molecule has 1 aromatic carbocycles. The third-order valence-electron chi connectivity index (χ3n) is 3.75. The molecule has 1 aliphatic rings. The number of rotatable bonds is 6. The molecule has 1 aliphatic carbocycles. The van der Waals surface area contributed by atoms with Crippen molar-refractivity contribution in [3.8, 4) is 0 Å². The van der Waals surface area contributed by atoms with Crippen molar-refractivity contribution in [1.29, 1.82) is 0 Å². The smallest absolute Gasteiger partial charge is 0.293 e. The van der Waals surface area contributed by atoms with Crippen LogP contribution in [0, 0.1) is 10.1 Å². The van der Waals surface area contributed by atoms with Crippen LogP contribution in [0.1, 0.15) is 36.0 Å². The Bertz CT molecular complexity index is 498. The van der Waals surface area contributed by atoms with Crippen LogP contribution in [0.15, 0.2) is 18.2 Å². The van der Waals surface area contributed by atoms with Gasteiger partial charge in [0.15, 0.2) is 0 Å². The Hall–Kier alpha value is -1.95. The number of nitro groups is 1. The van der Waals surface area contributed by atoms with Gasteiger partial charge in [0.2, 0.25) is 0 Å². The highest BCUT2D eigenvalue weighted by Gasteiger charge is 2.27. The lowest BCUT2D eigenvalue weighted by molar-refractivity contribution is -0.384. The minimum absolute atomic E-state index is 0.0525. The van der Waals surface area contributed by atoms with E-state index in [1.54, 1.807) is 12.1 Å². The van der Waals surface area contributed by atoms with Gasteiger partial charge < -0.3 is 10.0 Å². The van der Waals surface area contributed by atoms with Crippen LogP contribution in [0.5, 0.6) is 0 Å². The monoisotopic (exact) mass is 278 g/mol. The van der Waals surface area contributed by atoms with Crippen LogP contribution in [0.4, 0.5) is 11.4 Å². The highest BCUT2D eigenvalue weighted by Crippen LogP contribution is 2.34. The molecular weight excluding hydrogens is 260 g/mol. The number of aliphatic hydroxyl groups is 1. The number of aliphatic hydroxyl groups excluding tert-OH is 1. The molecule has 1 N–H and O–H groups in total. The van der Waals surface area contributed by atoms with Crippen molar-refractivity contribution in [2.45, 2.75) is 31.7 Å². The molecule has 0 spiro atoms. The highest BCUT2D eigenvalue weighted by molar-refractivity contribution is 5.79. The van der Waals surface area contributed by atoms with Gasteiger partial charge in [0.05, 0.1) is 11.5 Å². The van der Waals surface area contributed by atoms with Gasteiger partial charge in [-0.3, -0.25) is 14.9 Å². The molecule has 0 amide bonds. The largest absolute Gasteiger partial charge is 0.395 e. The average Bonchev–Trinajstić information content (AvgIpc) is 2.98. The van der Waals surface area contributed by atoms with Crippen LogP contribution in [0.25, 0.3) is 0 Å². The van der Waals surface area contributed by atoms with Crippen molar-refractivity contribution in [3.05, 3.63) is 33.9 Å². The standard InChI is InChI=1S/C14H18N2O4/c17-8-7-15(12-3-1-2-4-12)13-6-5-11(10-18)9-14(13)16(19)20/h5-6,9-10,12,17H,1-4,7-8H2. The molecular formula is C14H18N2O4. The Morgan fingerprint density at radius 2 is 2.10 bits per heavy atom. The molecule has 108 valence electrons. The van der Waals surface area contributed by atoms with Crippen LogP contribution < -0.4 is 4.90 Å². The molecule has 6 heteroatoms. The molecule has 2 rings (SSSR count). The van der Waals surface area contributed by atoms with Crippen molar-refractivity contribution in [2.24, 2.45) is 0 Å². The number of nitrogens with zero attached hydrogens (tertiary/aromatic N) is 2. The van der Waals surface area contributed by atoms with E-state index < -0.39 is 4.92 Å². The van der Waals surface area contributed by atoms with Crippen LogP contribution >= 0.6 is 0 Å². The van der Waals surface area contributed by atoms with Crippen LogP contribution in [0.2, 0.25) is 0 Å². The summed E-state index contributed by atoms with van der Waals surface area (Å²) in [4.78, 5) is 23.4. The number of anilines is 1. The van der Waals surface area contributed by atoms with E-state index in [2.05, 4.69) is 0 Å². The first-order valence-electron chi connectivity index (χ1n) is 6.78. The van der Waals surface area contributed by atoms with E-state index in [0.29, 0.717) is 18.5 Å². The van der Waals surface area contributed by atoms with E-state index in [1.807, 2.05) is 4.90 Å².